The maximum absolute atomic E-state index is 13.0. The molecule has 1 saturated heterocycles. The number of nitrogens with one attached hydrogen (secondary N) is 1. The summed E-state index contributed by atoms with van der Waals surface area (Å²) in [5.41, 5.74) is 1.70. The molecule has 0 saturated carbocycles. The molecule has 1 aliphatic rings. The summed E-state index contributed by atoms with van der Waals surface area (Å²) in [4.78, 5) is 38.8. The van der Waals surface area contributed by atoms with E-state index in [2.05, 4.69) is 15.6 Å². The molecule has 0 bridgehead atoms. The standard InChI is InChI=1S/C20H25N5O4/c1-24-13-16(22-23-24)9-10-18(26)21-15-7-5-6-14(12-15)19(27)25-11-4-3-8-17(25)20(28)29-2/h5-7,12-13,17H,3-4,8-11H2,1-2H3,(H,21,26). The Labute approximate surface area is 169 Å². The Bertz CT molecular complexity index is 895. The van der Waals surface area contributed by atoms with Gasteiger partial charge in [-0.05, 0) is 37.5 Å². The molecule has 0 aliphatic carbocycles. The Hall–Kier alpha value is -3.23. The Balaban J connectivity index is 1.64. The van der Waals surface area contributed by atoms with E-state index in [1.807, 2.05) is 0 Å². The van der Waals surface area contributed by atoms with E-state index in [1.54, 1.807) is 47.1 Å². The summed E-state index contributed by atoms with van der Waals surface area (Å²) in [5, 5.41) is 10.6. The molecule has 1 unspecified atom stereocenters. The van der Waals surface area contributed by atoms with E-state index >= 15 is 0 Å². The van der Waals surface area contributed by atoms with Crippen molar-refractivity contribution in [1.82, 2.24) is 19.9 Å². The van der Waals surface area contributed by atoms with E-state index in [-0.39, 0.29) is 18.2 Å². The van der Waals surface area contributed by atoms with Gasteiger partial charge < -0.3 is 15.0 Å². The van der Waals surface area contributed by atoms with Gasteiger partial charge in [0.25, 0.3) is 5.91 Å². The number of aryl methyl sites for hydroxylation is 2. The summed E-state index contributed by atoms with van der Waals surface area (Å²) in [7, 11) is 3.10. The van der Waals surface area contributed by atoms with Crippen LogP contribution in [0.2, 0.25) is 0 Å². The molecule has 0 spiro atoms. The second-order valence-corrected chi connectivity index (χ2v) is 7.05. The zero-order chi connectivity index (χ0) is 20.8. The van der Waals surface area contributed by atoms with Crippen molar-refractivity contribution in [2.75, 3.05) is 19.0 Å². The van der Waals surface area contributed by atoms with Crippen LogP contribution in [0, 0.1) is 0 Å². The third-order valence-corrected chi connectivity index (χ3v) is 4.89. The van der Waals surface area contributed by atoms with Gasteiger partial charge in [0, 0.05) is 43.9 Å². The van der Waals surface area contributed by atoms with Crippen LogP contribution in [0.3, 0.4) is 0 Å². The number of ether oxygens (including phenoxy) is 1. The molecule has 2 heterocycles. The molecule has 9 nitrogen and oxygen atoms in total. The molecule has 9 heteroatoms. The van der Waals surface area contributed by atoms with E-state index in [1.165, 1.54) is 7.11 Å². The lowest BCUT2D eigenvalue weighted by atomic mass is 10.0. The number of likely N-dealkylation sites (tertiary alicyclic amines) is 1. The van der Waals surface area contributed by atoms with Gasteiger partial charge in [0.05, 0.1) is 12.8 Å². The van der Waals surface area contributed by atoms with Crippen LogP contribution >= 0.6 is 0 Å². The molecule has 2 aromatic rings. The SMILES string of the molecule is COC(=O)C1CCCCN1C(=O)c1cccc(NC(=O)CCc2cn(C)nn2)c1. The summed E-state index contributed by atoms with van der Waals surface area (Å²) in [6.07, 6.45) is 4.82. The highest BCUT2D eigenvalue weighted by molar-refractivity contribution is 5.99. The fourth-order valence-corrected chi connectivity index (χ4v) is 3.43. The van der Waals surface area contributed by atoms with Crippen molar-refractivity contribution < 1.29 is 19.1 Å². The summed E-state index contributed by atoms with van der Waals surface area (Å²) in [6, 6.07) is 6.19. The zero-order valence-corrected chi connectivity index (χ0v) is 16.6. The van der Waals surface area contributed by atoms with Crippen molar-refractivity contribution in [1.29, 1.82) is 0 Å². The largest absolute Gasteiger partial charge is 0.467 e. The minimum absolute atomic E-state index is 0.175. The number of esters is 1. The van der Waals surface area contributed by atoms with Gasteiger partial charge in [0.2, 0.25) is 5.91 Å². The quantitative estimate of drug-likeness (QED) is 0.739. The molecule has 1 aliphatic heterocycles. The van der Waals surface area contributed by atoms with Crippen molar-refractivity contribution >= 4 is 23.5 Å². The maximum Gasteiger partial charge on any atom is 0.328 e. The number of carbonyl (C=O) groups excluding carboxylic acids is 3. The minimum Gasteiger partial charge on any atom is -0.467 e. The van der Waals surface area contributed by atoms with Gasteiger partial charge >= 0.3 is 5.97 Å². The smallest absolute Gasteiger partial charge is 0.328 e. The van der Waals surface area contributed by atoms with Crippen LogP contribution in [0.15, 0.2) is 30.5 Å². The third-order valence-electron chi connectivity index (χ3n) is 4.89. The highest BCUT2D eigenvalue weighted by atomic mass is 16.5. The van der Waals surface area contributed by atoms with Crippen LogP contribution in [-0.4, -0.2) is 57.4 Å². The number of piperidine rings is 1. The Kier molecular flexibility index (Phi) is 6.58. The summed E-state index contributed by atoms with van der Waals surface area (Å²) in [6.45, 7) is 0.507. The van der Waals surface area contributed by atoms with Crippen molar-refractivity contribution in [3.8, 4) is 0 Å². The number of carbonyl (C=O) groups is 3. The van der Waals surface area contributed by atoms with E-state index in [4.69, 9.17) is 4.74 Å². The number of nitrogens with zero attached hydrogens (tertiary/aromatic N) is 4. The molecule has 1 fully saturated rings. The highest BCUT2D eigenvalue weighted by Crippen LogP contribution is 2.22. The van der Waals surface area contributed by atoms with Crippen molar-refractivity contribution in [2.45, 2.75) is 38.1 Å². The Morgan fingerprint density at radius 1 is 1.28 bits per heavy atom. The van der Waals surface area contributed by atoms with Crippen molar-refractivity contribution in [2.24, 2.45) is 7.05 Å². The summed E-state index contributed by atoms with van der Waals surface area (Å²) < 4.78 is 6.43. The van der Waals surface area contributed by atoms with E-state index < -0.39 is 12.0 Å². The van der Waals surface area contributed by atoms with Crippen LogP contribution in [0.5, 0.6) is 0 Å². The topological polar surface area (TPSA) is 106 Å². The molecule has 1 N–H and O–H groups in total. The third kappa shape index (κ3) is 5.18. The van der Waals surface area contributed by atoms with Crippen LogP contribution in [0.25, 0.3) is 0 Å². The summed E-state index contributed by atoms with van der Waals surface area (Å²) in [5.74, 6) is -0.812. The molecule has 154 valence electrons. The maximum atomic E-state index is 13.0. The zero-order valence-electron chi connectivity index (χ0n) is 16.6. The van der Waals surface area contributed by atoms with Gasteiger partial charge in [0.1, 0.15) is 6.04 Å². The molecule has 1 atom stereocenters. The van der Waals surface area contributed by atoms with E-state index in [0.717, 1.165) is 18.5 Å². The number of aromatic nitrogens is 3. The minimum atomic E-state index is -0.563. The van der Waals surface area contributed by atoms with Crippen LogP contribution in [0.1, 0.15) is 41.7 Å². The average Bonchev–Trinajstić information content (AvgIpc) is 3.16. The van der Waals surface area contributed by atoms with Crippen LogP contribution in [-0.2, 0) is 27.8 Å². The van der Waals surface area contributed by atoms with Gasteiger partial charge in [-0.3, -0.25) is 14.3 Å². The number of anilines is 1. The fourth-order valence-electron chi connectivity index (χ4n) is 3.43. The molecule has 1 aromatic carbocycles. The first-order valence-corrected chi connectivity index (χ1v) is 9.62. The number of rotatable bonds is 6. The van der Waals surface area contributed by atoms with Crippen molar-refractivity contribution in [3.63, 3.8) is 0 Å². The van der Waals surface area contributed by atoms with Gasteiger partial charge in [-0.1, -0.05) is 11.3 Å². The van der Waals surface area contributed by atoms with Gasteiger partial charge in [-0.25, -0.2) is 4.79 Å². The molecule has 3 rings (SSSR count). The number of benzene rings is 1. The van der Waals surface area contributed by atoms with E-state index in [0.29, 0.717) is 30.6 Å². The summed E-state index contributed by atoms with van der Waals surface area (Å²) >= 11 is 0. The van der Waals surface area contributed by atoms with Gasteiger partial charge in [-0.15, -0.1) is 5.10 Å². The molecule has 1 aromatic heterocycles. The molecular formula is C20H25N5O4. The lowest BCUT2D eigenvalue weighted by Gasteiger charge is -2.33. The lowest BCUT2D eigenvalue weighted by molar-refractivity contribution is -0.147. The van der Waals surface area contributed by atoms with Gasteiger partial charge in [-0.2, -0.15) is 0 Å². The first-order chi connectivity index (χ1) is 14.0. The number of hydrogen-bond acceptors (Lipinski definition) is 6. The first-order valence-electron chi connectivity index (χ1n) is 9.62. The van der Waals surface area contributed by atoms with Crippen molar-refractivity contribution in [3.05, 3.63) is 41.7 Å². The average molecular weight is 399 g/mol. The fraction of sp³-hybridized carbons (Fsp3) is 0.450. The first kappa shape index (κ1) is 20.5. The van der Waals surface area contributed by atoms with Crippen LogP contribution < -0.4 is 5.32 Å². The van der Waals surface area contributed by atoms with E-state index in [9.17, 15) is 14.4 Å². The highest BCUT2D eigenvalue weighted by Gasteiger charge is 2.33. The van der Waals surface area contributed by atoms with Crippen LogP contribution in [0.4, 0.5) is 5.69 Å². The monoisotopic (exact) mass is 399 g/mol. The second kappa shape index (κ2) is 9.31. The van der Waals surface area contributed by atoms with Gasteiger partial charge in [0.15, 0.2) is 0 Å². The predicted octanol–water partition coefficient (Wildman–Crippen LogP) is 1.55. The second-order valence-electron chi connectivity index (χ2n) is 7.05. The Morgan fingerprint density at radius 2 is 2.10 bits per heavy atom. The Morgan fingerprint density at radius 3 is 2.83 bits per heavy atom. The number of amides is 2. The predicted molar refractivity (Wildman–Crippen MR) is 105 cm³/mol. The molecule has 2 amide bonds. The number of hydrogen-bond donors (Lipinski definition) is 1. The number of methoxy groups -OCH3 is 1. The molecular weight excluding hydrogens is 374 g/mol. The molecule has 29 heavy (non-hydrogen) atoms. The lowest BCUT2D eigenvalue weighted by Crippen LogP contribution is -2.48. The molecule has 0 radical (unpaired) electrons. The normalized spacial score (nSPS) is 16.3.